The Morgan fingerprint density at radius 3 is 3.00 bits per heavy atom. The van der Waals surface area contributed by atoms with Gasteiger partial charge in [-0.2, -0.15) is 0 Å². The number of ether oxygens (including phenoxy) is 1. The van der Waals surface area contributed by atoms with Crippen LogP contribution in [0.15, 0.2) is 30.5 Å². The highest BCUT2D eigenvalue weighted by molar-refractivity contribution is 5.96. The van der Waals surface area contributed by atoms with Crippen LogP contribution in [0.4, 0.5) is 8.78 Å². The first-order chi connectivity index (χ1) is 11.6. The summed E-state index contributed by atoms with van der Waals surface area (Å²) in [7, 11) is 0. The Labute approximate surface area is 140 Å². The average molecular weight is 336 g/mol. The summed E-state index contributed by atoms with van der Waals surface area (Å²) in [5.41, 5.74) is 0.427. The molecule has 1 aliphatic carbocycles. The van der Waals surface area contributed by atoms with Gasteiger partial charge >= 0.3 is 0 Å². The Morgan fingerprint density at radius 2 is 2.25 bits per heavy atom. The second-order valence-corrected chi connectivity index (χ2v) is 6.60. The van der Waals surface area contributed by atoms with Gasteiger partial charge in [-0.3, -0.25) is 4.79 Å². The lowest BCUT2D eigenvalue weighted by Gasteiger charge is -2.44. The van der Waals surface area contributed by atoms with Crippen molar-refractivity contribution in [3.8, 4) is 5.88 Å². The lowest BCUT2D eigenvalue weighted by atomic mass is 9.71. The molecule has 130 valence electrons. The molecule has 1 aliphatic heterocycles. The van der Waals surface area contributed by atoms with Gasteiger partial charge in [0.25, 0.3) is 12.3 Å². The number of alkyl halides is 2. The molecule has 4 nitrogen and oxygen atoms in total. The smallest absolute Gasteiger partial charge is 0.272 e. The number of hydrogen-bond donors (Lipinski definition) is 0. The molecule has 3 rings (SSSR count). The highest BCUT2D eigenvalue weighted by atomic mass is 19.3. The third kappa shape index (κ3) is 3.74. The van der Waals surface area contributed by atoms with Gasteiger partial charge in [-0.05, 0) is 49.7 Å². The number of nitrogens with zero attached hydrogens (tertiary/aromatic N) is 2. The molecule has 2 aliphatic rings. The van der Waals surface area contributed by atoms with E-state index in [1.165, 1.54) is 6.20 Å². The van der Waals surface area contributed by atoms with Crippen LogP contribution in [0.1, 0.15) is 42.5 Å². The number of halogens is 2. The van der Waals surface area contributed by atoms with Crippen molar-refractivity contribution in [3.05, 3.63) is 36.0 Å². The average Bonchev–Trinajstić information content (AvgIpc) is 2.60. The number of hydrogen-bond acceptors (Lipinski definition) is 3. The van der Waals surface area contributed by atoms with E-state index in [2.05, 4.69) is 17.1 Å². The third-order valence-corrected chi connectivity index (χ3v) is 4.86. The van der Waals surface area contributed by atoms with E-state index < -0.39 is 13.0 Å². The Balaban J connectivity index is 1.75. The number of allylic oxidation sites excluding steroid dienone is 2. The predicted molar refractivity (Wildman–Crippen MR) is 86.3 cm³/mol. The number of pyridine rings is 1. The molecular weight excluding hydrogens is 314 g/mol. The largest absolute Gasteiger partial charge is 0.471 e. The normalized spacial score (nSPS) is 23.7. The van der Waals surface area contributed by atoms with E-state index in [1.54, 1.807) is 12.1 Å². The fourth-order valence-corrected chi connectivity index (χ4v) is 3.68. The van der Waals surface area contributed by atoms with E-state index in [0.29, 0.717) is 13.1 Å². The maximum Gasteiger partial charge on any atom is 0.272 e. The van der Waals surface area contributed by atoms with Gasteiger partial charge in [0.2, 0.25) is 5.88 Å². The summed E-state index contributed by atoms with van der Waals surface area (Å²) >= 11 is 0. The van der Waals surface area contributed by atoms with Crippen LogP contribution in [0, 0.1) is 5.41 Å². The van der Waals surface area contributed by atoms with Gasteiger partial charge in [0.1, 0.15) is 5.56 Å². The Hall–Kier alpha value is -1.98. The van der Waals surface area contributed by atoms with Gasteiger partial charge in [0.05, 0.1) is 0 Å². The molecule has 1 atom stereocenters. The Bertz CT molecular complexity index is 621. The summed E-state index contributed by atoms with van der Waals surface area (Å²) in [5.74, 6) is -0.188. The standard InChI is InChI=1S/C18H22F2N2O2/c19-15(20)12-24-16-14(6-4-10-21-16)17(23)22-11-5-9-18(13-22)7-2-1-3-8-18/h1-2,4,6,10,15H,3,5,7-9,11-13H2/t18-/m1/s1. The molecule has 1 spiro atoms. The minimum Gasteiger partial charge on any atom is -0.471 e. The molecule has 24 heavy (non-hydrogen) atoms. The summed E-state index contributed by atoms with van der Waals surface area (Å²) < 4.78 is 29.8. The van der Waals surface area contributed by atoms with Crippen LogP contribution in [0.3, 0.4) is 0 Å². The van der Waals surface area contributed by atoms with Crippen LogP contribution in [-0.2, 0) is 0 Å². The summed E-state index contributed by atoms with van der Waals surface area (Å²) in [6.07, 6.45) is 8.49. The summed E-state index contributed by atoms with van der Waals surface area (Å²) in [6, 6.07) is 3.23. The number of piperidine rings is 1. The molecule has 6 heteroatoms. The summed E-state index contributed by atoms with van der Waals surface area (Å²) in [4.78, 5) is 18.7. The Morgan fingerprint density at radius 1 is 1.38 bits per heavy atom. The van der Waals surface area contributed by atoms with Crippen molar-refractivity contribution in [2.45, 2.75) is 38.5 Å². The first kappa shape index (κ1) is 16.9. The molecular formula is C18H22F2N2O2. The molecule has 1 aromatic heterocycles. The SMILES string of the molecule is O=C(c1cccnc1OCC(F)F)N1CCC[C@]2(CC=CCC2)C1. The number of aromatic nitrogens is 1. The monoisotopic (exact) mass is 336 g/mol. The van der Waals surface area contributed by atoms with Crippen molar-refractivity contribution >= 4 is 5.91 Å². The zero-order valence-corrected chi connectivity index (χ0v) is 13.6. The van der Waals surface area contributed by atoms with Gasteiger partial charge in [0, 0.05) is 19.3 Å². The van der Waals surface area contributed by atoms with Crippen molar-refractivity contribution < 1.29 is 18.3 Å². The van der Waals surface area contributed by atoms with E-state index in [9.17, 15) is 13.6 Å². The van der Waals surface area contributed by atoms with Crippen LogP contribution in [0.2, 0.25) is 0 Å². The highest BCUT2D eigenvalue weighted by Gasteiger charge is 2.37. The quantitative estimate of drug-likeness (QED) is 0.788. The molecule has 0 bridgehead atoms. The molecule has 2 heterocycles. The van der Waals surface area contributed by atoms with Crippen LogP contribution in [-0.4, -0.2) is 41.9 Å². The second-order valence-electron chi connectivity index (χ2n) is 6.60. The van der Waals surface area contributed by atoms with Crippen LogP contribution < -0.4 is 4.74 Å². The minimum atomic E-state index is -2.60. The lowest BCUT2D eigenvalue weighted by Crippen LogP contribution is -2.46. The molecule has 0 saturated carbocycles. The van der Waals surface area contributed by atoms with E-state index in [-0.39, 0.29) is 22.8 Å². The van der Waals surface area contributed by atoms with Crippen molar-refractivity contribution in [1.29, 1.82) is 0 Å². The molecule has 0 radical (unpaired) electrons. The molecule has 1 fully saturated rings. The molecule has 1 aromatic rings. The van der Waals surface area contributed by atoms with Crippen molar-refractivity contribution in [2.24, 2.45) is 5.41 Å². The Kier molecular flexibility index (Phi) is 5.11. The fourth-order valence-electron chi connectivity index (χ4n) is 3.68. The topological polar surface area (TPSA) is 42.4 Å². The number of amides is 1. The molecule has 1 amide bonds. The zero-order chi connectivity index (χ0) is 17.0. The van der Waals surface area contributed by atoms with Gasteiger partial charge in [-0.1, -0.05) is 12.2 Å². The highest BCUT2D eigenvalue weighted by Crippen LogP contribution is 2.41. The number of carbonyl (C=O) groups is 1. The van der Waals surface area contributed by atoms with E-state index >= 15 is 0 Å². The van der Waals surface area contributed by atoms with E-state index in [0.717, 1.165) is 32.1 Å². The van der Waals surface area contributed by atoms with Gasteiger partial charge in [-0.15, -0.1) is 0 Å². The lowest BCUT2D eigenvalue weighted by molar-refractivity contribution is 0.0469. The maximum absolute atomic E-state index is 12.9. The van der Waals surface area contributed by atoms with Crippen LogP contribution in [0.5, 0.6) is 5.88 Å². The summed E-state index contributed by atoms with van der Waals surface area (Å²) in [6.45, 7) is 0.638. The predicted octanol–water partition coefficient (Wildman–Crippen LogP) is 3.69. The first-order valence-electron chi connectivity index (χ1n) is 8.40. The molecule has 0 aromatic carbocycles. The van der Waals surface area contributed by atoms with Gasteiger partial charge < -0.3 is 9.64 Å². The van der Waals surface area contributed by atoms with Crippen molar-refractivity contribution in [1.82, 2.24) is 9.88 Å². The first-order valence-corrected chi connectivity index (χ1v) is 8.40. The number of carbonyl (C=O) groups excluding carboxylic acids is 1. The van der Waals surface area contributed by atoms with Gasteiger partial charge in [0.15, 0.2) is 6.61 Å². The van der Waals surface area contributed by atoms with Crippen molar-refractivity contribution in [3.63, 3.8) is 0 Å². The number of likely N-dealkylation sites (tertiary alicyclic amines) is 1. The van der Waals surface area contributed by atoms with E-state index in [1.807, 2.05) is 4.90 Å². The maximum atomic E-state index is 12.9. The fraction of sp³-hybridized carbons (Fsp3) is 0.556. The third-order valence-electron chi connectivity index (χ3n) is 4.86. The van der Waals surface area contributed by atoms with Crippen LogP contribution >= 0.6 is 0 Å². The number of rotatable bonds is 4. The minimum absolute atomic E-state index is 0.00837. The van der Waals surface area contributed by atoms with E-state index in [4.69, 9.17) is 4.74 Å². The van der Waals surface area contributed by atoms with Crippen molar-refractivity contribution in [2.75, 3.05) is 19.7 Å². The summed E-state index contributed by atoms with van der Waals surface area (Å²) in [5, 5.41) is 0. The van der Waals surface area contributed by atoms with Gasteiger partial charge in [-0.25, -0.2) is 13.8 Å². The molecule has 0 unspecified atom stereocenters. The molecule has 1 saturated heterocycles. The van der Waals surface area contributed by atoms with Crippen LogP contribution in [0.25, 0.3) is 0 Å². The zero-order valence-electron chi connectivity index (χ0n) is 13.6. The molecule has 0 N–H and O–H groups in total. The second kappa shape index (κ2) is 7.28.